The van der Waals surface area contributed by atoms with Crippen LogP contribution in [0.2, 0.25) is 0 Å². The van der Waals surface area contributed by atoms with Gasteiger partial charge in [-0.1, -0.05) is 12.0 Å². The number of aromatic nitrogens is 1. The van der Waals surface area contributed by atoms with Gasteiger partial charge in [0.25, 0.3) is 5.91 Å². The summed E-state index contributed by atoms with van der Waals surface area (Å²) in [5.74, 6) is 4.64. The fourth-order valence-electron chi connectivity index (χ4n) is 3.67. The molecule has 0 spiro atoms. The number of ketones is 1. The number of Topliss-reactive ketones (excluding diaryl/α,β-unsaturated/α-hetero) is 1. The maximum Gasteiger partial charge on any atom is 0.255 e. The summed E-state index contributed by atoms with van der Waals surface area (Å²) in [4.78, 5) is 31.3. The van der Waals surface area contributed by atoms with Gasteiger partial charge in [0.2, 0.25) is 0 Å². The van der Waals surface area contributed by atoms with Crippen LogP contribution in [0.3, 0.4) is 0 Å². The molecule has 4 rings (SSSR count). The van der Waals surface area contributed by atoms with Crippen LogP contribution in [0.1, 0.15) is 44.8 Å². The van der Waals surface area contributed by atoms with E-state index in [1.54, 1.807) is 29.2 Å². The molecule has 1 amide bonds. The van der Waals surface area contributed by atoms with Crippen molar-refractivity contribution >= 4 is 11.7 Å². The van der Waals surface area contributed by atoms with Crippen molar-refractivity contribution in [3.8, 4) is 11.8 Å². The quantitative estimate of drug-likeness (QED) is 0.454. The maximum absolute atomic E-state index is 13.2. The molecule has 1 aliphatic heterocycles. The molecule has 3 aromatic rings. The average Bonchev–Trinajstić information content (AvgIpc) is 2.83. The van der Waals surface area contributed by atoms with E-state index < -0.39 is 0 Å². The van der Waals surface area contributed by atoms with Crippen LogP contribution in [-0.4, -0.2) is 34.7 Å². The van der Waals surface area contributed by atoms with Gasteiger partial charge in [0.15, 0.2) is 5.78 Å². The molecule has 32 heavy (non-hydrogen) atoms. The van der Waals surface area contributed by atoms with Gasteiger partial charge in [-0.3, -0.25) is 9.59 Å². The highest BCUT2D eigenvalue weighted by Gasteiger charge is 2.28. The first-order valence-corrected chi connectivity index (χ1v) is 10.3. The number of piperidine rings is 1. The molecule has 0 bridgehead atoms. The molecular formula is C26H20F2N2O2. The van der Waals surface area contributed by atoms with Gasteiger partial charge in [-0.2, -0.15) is 0 Å². The minimum atomic E-state index is -0.374. The second-order valence-electron chi connectivity index (χ2n) is 7.63. The predicted molar refractivity (Wildman–Crippen MR) is 116 cm³/mol. The summed E-state index contributed by atoms with van der Waals surface area (Å²) in [5.41, 5.74) is 1.97. The minimum Gasteiger partial charge on any atom is -0.339 e. The molecule has 1 fully saturated rings. The smallest absolute Gasteiger partial charge is 0.255 e. The molecule has 0 aliphatic carbocycles. The van der Waals surface area contributed by atoms with Crippen LogP contribution in [0.5, 0.6) is 0 Å². The zero-order valence-electron chi connectivity index (χ0n) is 17.2. The van der Waals surface area contributed by atoms with Crippen LogP contribution in [0.25, 0.3) is 0 Å². The molecule has 1 saturated heterocycles. The molecule has 0 N–H and O–H groups in total. The number of carbonyl (C=O) groups excluding carboxylic acids is 2. The van der Waals surface area contributed by atoms with Crippen molar-refractivity contribution in [2.24, 2.45) is 5.92 Å². The van der Waals surface area contributed by atoms with E-state index in [0.29, 0.717) is 48.3 Å². The normalized spacial score (nSPS) is 13.9. The molecule has 0 unspecified atom stereocenters. The third-order valence-corrected chi connectivity index (χ3v) is 5.45. The van der Waals surface area contributed by atoms with E-state index in [2.05, 4.69) is 16.8 Å². The fraction of sp³-hybridized carbons (Fsp3) is 0.192. The Balaban J connectivity index is 1.35. The highest BCUT2D eigenvalue weighted by Crippen LogP contribution is 2.23. The fourth-order valence-corrected chi connectivity index (χ4v) is 3.67. The highest BCUT2D eigenvalue weighted by atomic mass is 19.1. The molecule has 6 heteroatoms. The third-order valence-electron chi connectivity index (χ3n) is 5.45. The lowest BCUT2D eigenvalue weighted by atomic mass is 9.88. The second-order valence-corrected chi connectivity index (χ2v) is 7.63. The Morgan fingerprint density at radius 2 is 1.59 bits per heavy atom. The summed E-state index contributed by atoms with van der Waals surface area (Å²) >= 11 is 0. The van der Waals surface area contributed by atoms with Gasteiger partial charge in [-0.25, -0.2) is 13.8 Å². The number of hydrogen-bond acceptors (Lipinski definition) is 3. The molecule has 4 nitrogen and oxygen atoms in total. The number of rotatable bonds is 3. The van der Waals surface area contributed by atoms with Crippen molar-refractivity contribution in [1.29, 1.82) is 0 Å². The zero-order chi connectivity index (χ0) is 22.5. The van der Waals surface area contributed by atoms with E-state index in [-0.39, 0.29) is 29.2 Å². The van der Waals surface area contributed by atoms with Crippen LogP contribution in [0, 0.1) is 29.4 Å². The first-order valence-electron chi connectivity index (χ1n) is 10.3. The van der Waals surface area contributed by atoms with Crippen molar-refractivity contribution < 1.29 is 18.4 Å². The van der Waals surface area contributed by atoms with Gasteiger partial charge in [-0.15, -0.1) is 0 Å². The van der Waals surface area contributed by atoms with Crippen LogP contribution in [-0.2, 0) is 0 Å². The Morgan fingerprint density at radius 1 is 0.875 bits per heavy atom. The number of nitrogens with zero attached hydrogens (tertiary/aromatic N) is 2. The molecule has 1 aliphatic rings. The number of pyridine rings is 1. The molecule has 0 radical (unpaired) electrons. The molecule has 2 heterocycles. The third kappa shape index (κ3) is 5.06. The van der Waals surface area contributed by atoms with Gasteiger partial charge in [0, 0.05) is 36.3 Å². The van der Waals surface area contributed by atoms with Crippen molar-refractivity contribution in [2.45, 2.75) is 12.8 Å². The first kappa shape index (κ1) is 21.4. The standard InChI is InChI=1S/C26H20F2N2O2/c27-22-8-5-19(6-9-22)25(31)20-12-14-30(15-13-20)26(32)21-7-11-24(29-17-21)10-4-18-2-1-3-23(28)16-18/h1-3,5-9,11,16-17,20H,12-15H2. The Labute approximate surface area is 184 Å². The second kappa shape index (κ2) is 9.52. The van der Waals surface area contributed by atoms with Crippen molar-refractivity contribution in [3.05, 3.63) is 101 Å². The van der Waals surface area contributed by atoms with Gasteiger partial charge in [0.05, 0.1) is 5.56 Å². The van der Waals surface area contributed by atoms with E-state index in [1.807, 2.05) is 0 Å². The van der Waals surface area contributed by atoms with Crippen molar-refractivity contribution in [3.63, 3.8) is 0 Å². The summed E-state index contributed by atoms with van der Waals surface area (Å²) in [7, 11) is 0. The summed E-state index contributed by atoms with van der Waals surface area (Å²) in [6.07, 6.45) is 2.60. The summed E-state index contributed by atoms with van der Waals surface area (Å²) in [6, 6.07) is 14.9. The summed E-state index contributed by atoms with van der Waals surface area (Å²) < 4.78 is 26.3. The predicted octanol–water partition coefficient (Wildman–Crippen LogP) is 4.49. The summed E-state index contributed by atoms with van der Waals surface area (Å²) in [5, 5.41) is 0. The van der Waals surface area contributed by atoms with Gasteiger partial charge < -0.3 is 4.90 Å². The SMILES string of the molecule is O=C(c1ccc(F)cc1)C1CCN(C(=O)c2ccc(C#Cc3cccc(F)c3)nc2)CC1. The van der Waals surface area contributed by atoms with Crippen LogP contribution in [0.4, 0.5) is 8.78 Å². The lowest BCUT2D eigenvalue weighted by Gasteiger charge is -2.31. The van der Waals surface area contributed by atoms with E-state index in [4.69, 9.17) is 0 Å². The van der Waals surface area contributed by atoms with Gasteiger partial charge >= 0.3 is 0 Å². The topological polar surface area (TPSA) is 50.3 Å². The maximum atomic E-state index is 13.2. The van der Waals surface area contributed by atoms with Crippen LogP contribution < -0.4 is 0 Å². The number of likely N-dealkylation sites (tertiary alicyclic amines) is 1. The Hall–Kier alpha value is -3.85. The van der Waals surface area contributed by atoms with Crippen molar-refractivity contribution in [2.75, 3.05) is 13.1 Å². The minimum absolute atomic E-state index is 0.0139. The Kier molecular flexibility index (Phi) is 6.37. The molecule has 0 atom stereocenters. The zero-order valence-corrected chi connectivity index (χ0v) is 17.2. The Bertz CT molecular complexity index is 1190. The lowest BCUT2D eigenvalue weighted by Crippen LogP contribution is -2.40. The van der Waals surface area contributed by atoms with E-state index >= 15 is 0 Å². The molecular weight excluding hydrogens is 410 g/mol. The number of benzene rings is 2. The van der Waals surface area contributed by atoms with Gasteiger partial charge in [0.1, 0.15) is 17.3 Å². The number of halogens is 2. The number of amides is 1. The molecule has 1 aromatic heterocycles. The average molecular weight is 430 g/mol. The molecule has 160 valence electrons. The first-order chi connectivity index (χ1) is 15.5. The van der Waals surface area contributed by atoms with Gasteiger partial charge in [-0.05, 0) is 73.4 Å². The molecule has 0 saturated carbocycles. The van der Waals surface area contributed by atoms with Crippen LogP contribution >= 0.6 is 0 Å². The van der Waals surface area contributed by atoms with E-state index in [9.17, 15) is 18.4 Å². The molecule has 2 aromatic carbocycles. The van der Waals surface area contributed by atoms with E-state index in [1.165, 1.54) is 42.6 Å². The number of carbonyl (C=O) groups is 2. The summed E-state index contributed by atoms with van der Waals surface area (Å²) in [6.45, 7) is 0.940. The number of hydrogen-bond donors (Lipinski definition) is 0. The van der Waals surface area contributed by atoms with Crippen molar-refractivity contribution in [1.82, 2.24) is 9.88 Å². The highest BCUT2D eigenvalue weighted by molar-refractivity contribution is 5.98. The van der Waals surface area contributed by atoms with Crippen LogP contribution in [0.15, 0.2) is 66.9 Å². The largest absolute Gasteiger partial charge is 0.339 e. The Morgan fingerprint density at radius 3 is 2.25 bits per heavy atom. The van der Waals surface area contributed by atoms with E-state index in [0.717, 1.165) is 0 Å². The lowest BCUT2D eigenvalue weighted by molar-refractivity contribution is 0.0650. The monoisotopic (exact) mass is 430 g/mol.